The average molecular weight is 466 g/mol. The van der Waals surface area contributed by atoms with E-state index in [0.29, 0.717) is 10.8 Å². The van der Waals surface area contributed by atoms with Crippen molar-refractivity contribution in [2.24, 2.45) is 5.41 Å². The first-order chi connectivity index (χ1) is 16.2. The van der Waals surface area contributed by atoms with Gasteiger partial charge < -0.3 is 10.3 Å². The molecule has 174 valence electrons. The minimum Gasteiger partial charge on any atom is -0.350 e. The molecule has 9 heteroatoms. The van der Waals surface area contributed by atoms with Crippen LogP contribution in [-0.2, 0) is 6.18 Å². The van der Waals surface area contributed by atoms with Crippen LogP contribution in [0.3, 0.4) is 0 Å². The maximum atomic E-state index is 13.3. The average Bonchev–Trinajstić information content (AvgIpc) is 3.19. The Kier molecular flexibility index (Phi) is 4.43. The first-order valence-electron chi connectivity index (χ1n) is 11.2. The van der Waals surface area contributed by atoms with Gasteiger partial charge in [0.15, 0.2) is 0 Å². The highest BCUT2D eigenvalue weighted by molar-refractivity contribution is 5.99. The van der Waals surface area contributed by atoms with Crippen LogP contribution in [0.25, 0.3) is 21.7 Å². The number of hydrogen-bond donors (Lipinski definition) is 3. The van der Waals surface area contributed by atoms with E-state index in [1.165, 1.54) is 12.1 Å². The highest BCUT2D eigenvalue weighted by atomic mass is 19.4. The van der Waals surface area contributed by atoms with Gasteiger partial charge in [0.25, 0.3) is 11.5 Å². The van der Waals surface area contributed by atoms with E-state index in [-0.39, 0.29) is 34.1 Å². The van der Waals surface area contributed by atoms with Gasteiger partial charge in [-0.2, -0.15) is 18.3 Å². The number of aromatic amines is 2. The molecular weight excluding hydrogens is 445 g/mol. The number of alkyl halides is 3. The molecule has 0 radical (unpaired) electrons. The number of hydrogen-bond acceptors (Lipinski definition) is 3. The summed E-state index contributed by atoms with van der Waals surface area (Å²) in [6.07, 6.45) is -0.978. The zero-order valence-corrected chi connectivity index (χ0v) is 18.0. The van der Waals surface area contributed by atoms with Crippen LogP contribution in [0.1, 0.15) is 53.3 Å². The lowest BCUT2D eigenvalue weighted by Crippen LogP contribution is -2.55. The summed E-state index contributed by atoms with van der Waals surface area (Å²) in [5.41, 5.74) is 0.128. The predicted octanol–water partition coefficient (Wildman–Crippen LogP) is 4.88. The fourth-order valence-electron chi connectivity index (χ4n) is 5.82. The van der Waals surface area contributed by atoms with Crippen LogP contribution in [0.4, 0.5) is 13.2 Å². The predicted molar refractivity (Wildman–Crippen MR) is 121 cm³/mol. The molecule has 34 heavy (non-hydrogen) atoms. The van der Waals surface area contributed by atoms with Gasteiger partial charge in [-0.25, -0.2) is 5.10 Å². The molecule has 1 amide bonds. The van der Waals surface area contributed by atoms with Crippen molar-refractivity contribution < 1.29 is 18.0 Å². The van der Waals surface area contributed by atoms with Crippen LogP contribution in [0.15, 0.2) is 53.3 Å². The first kappa shape index (κ1) is 20.9. The molecule has 3 N–H and O–H groups in total. The third-order valence-electron chi connectivity index (χ3n) is 7.37. The zero-order valence-electron chi connectivity index (χ0n) is 18.0. The number of H-pyrrole nitrogens is 2. The normalized spacial score (nSPS) is 24.2. The van der Waals surface area contributed by atoms with Crippen molar-refractivity contribution in [2.45, 2.75) is 43.8 Å². The van der Waals surface area contributed by atoms with E-state index in [2.05, 4.69) is 20.5 Å². The Morgan fingerprint density at radius 1 is 1.03 bits per heavy atom. The maximum absolute atomic E-state index is 13.3. The minimum absolute atomic E-state index is 0.0118. The summed E-state index contributed by atoms with van der Waals surface area (Å²) in [4.78, 5) is 27.4. The fourth-order valence-corrected chi connectivity index (χ4v) is 5.82. The highest BCUT2D eigenvalue weighted by Crippen LogP contribution is 2.62. The van der Waals surface area contributed by atoms with Gasteiger partial charge in [-0.05, 0) is 49.3 Å². The van der Waals surface area contributed by atoms with Crippen molar-refractivity contribution in [2.75, 3.05) is 0 Å². The topological polar surface area (TPSA) is 90.6 Å². The second-order valence-corrected chi connectivity index (χ2v) is 9.62. The van der Waals surface area contributed by atoms with Crippen molar-refractivity contribution in [1.29, 1.82) is 0 Å². The molecule has 2 saturated carbocycles. The van der Waals surface area contributed by atoms with Gasteiger partial charge in [-0.3, -0.25) is 9.59 Å². The van der Waals surface area contributed by atoms with Crippen molar-refractivity contribution in [3.63, 3.8) is 0 Å². The van der Waals surface area contributed by atoms with E-state index in [1.54, 1.807) is 12.1 Å². The molecule has 2 aromatic carbocycles. The summed E-state index contributed by atoms with van der Waals surface area (Å²) in [7, 11) is 0. The molecule has 1 spiro atoms. The Labute approximate surface area is 191 Å². The quantitative estimate of drug-likeness (QED) is 0.402. The van der Waals surface area contributed by atoms with E-state index in [1.807, 2.05) is 18.2 Å². The van der Waals surface area contributed by atoms with Gasteiger partial charge in [-0.15, -0.1) is 0 Å². The molecule has 2 fully saturated rings. The number of carbonyl (C=O) groups excluding carboxylic acids is 1. The van der Waals surface area contributed by atoms with E-state index >= 15 is 0 Å². The zero-order chi connectivity index (χ0) is 23.7. The Morgan fingerprint density at radius 3 is 2.50 bits per heavy atom. The molecule has 0 bridgehead atoms. The molecule has 2 aliphatic carbocycles. The summed E-state index contributed by atoms with van der Waals surface area (Å²) < 4.78 is 39.8. The molecule has 2 aromatic heterocycles. The van der Waals surface area contributed by atoms with Crippen LogP contribution < -0.4 is 10.9 Å². The van der Waals surface area contributed by atoms with Crippen molar-refractivity contribution >= 4 is 27.6 Å². The van der Waals surface area contributed by atoms with Gasteiger partial charge in [0.05, 0.1) is 22.2 Å². The van der Waals surface area contributed by atoms with Gasteiger partial charge >= 0.3 is 6.18 Å². The van der Waals surface area contributed by atoms with Crippen LogP contribution in [0.5, 0.6) is 0 Å². The number of carbonyl (C=O) groups is 1. The highest BCUT2D eigenvalue weighted by Gasteiger charge is 2.54. The second-order valence-electron chi connectivity index (χ2n) is 9.62. The van der Waals surface area contributed by atoms with Crippen molar-refractivity contribution in [3.05, 3.63) is 75.8 Å². The largest absolute Gasteiger partial charge is 0.418 e. The summed E-state index contributed by atoms with van der Waals surface area (Å²) in [6, 6.07) is 12.8. The lowest BCUT2D eigenvalue weighted by Gasteiger charge is -2.57. The summed E-state index contributed by atoms with van der Waals surface area (Å²) >= 11 is 0. The van der Waals surface area contributed by atoms with Gasteiger partial charge in [0.2, 0.25) is 0 Å². The van der Waals surface area contributed by atoms with E-state index in [0.717, 1.165) is 42.8 Å². The summed E-state index contributed by atoms with van der Waals surface area (Å²) in [5.74, 6) is -0.138. The van der Waals surface area contributed by atoms with Crippen LogP contribution in [-0.4, -0.2) is 27.1 Å². The van der Waals surface area contributed by atoms with Crippen molar-refractivity contribution in [1.82, 2.24) is 20.5 Å². The third-order valence-corrected chi connectivity index (χ3v) is 7.37. The second kappa shape index (κ2) is 7.19. The standard InChI is InChI=1S/C25H21F3N4O2/c26-25(27,28)18-7-3-4-13-8-19(30-21(13)18)23(34)29-15-11-24(12-15)9-14(10-24)20-16-5-1-2-6-17(16)22(33)32-31-20/h1-8,14-15,30H,9-12H2,(H,29,34)(H,32,33)/t14-,15-,24?. The number of para-hydroxylation sites is 1. The number of aromatic nitrogens is 3. The number of fused-ring (bicyclic) bond motifs is 2. The van der Waals surface area contributed by atoms with E-state index < -0.39 is 17.6 Å². The maximum Gasteiger partial charge on any atom is 0.418 e. The molecule has 6 nitrogen and oxygen atoms in total. The van der Waals surface area contributed by atoms with Gasteiger partial charge in [0.1, 0.15) is 5.69 Å². The number of nitrogens with one attached hydrogen (secondary N) is 3. The molecule has 6 rings (SSSR count). The Balaban J connectivity index is 1.11. The number of rotatable bonds is 3. The molecule has 2 heterocycles. The van der Waals surface area contributed by atoms with E-state index in [4.69, 9.17) is 0 Å². The summed E-state index contributed by atoms with van der Waals surface area (Å²) in [6.45, 7) is 0. The lowest BCUT2D eigenvalue weighted by atomic mass is 9.49. The molecule has 0 unspecified atom stereocenters. The molecule has 2 aliphatic rings. The number of halogens is 3. The molecular formula is C25H21F3N4O2. The van der Waals surface area contributed by atoms with Crippen LogP contribution in [0, 0.1) is 5.41 Å². The molecule has 0 atom stereocenters. The van der Waals surface area contributed by atoms with Crippen LogP contribution >= 0.6 is 0 Å². The van der Waals surface area contributed by atoms with Crippen LogP contribution in [0.2, 0.25) is 0 Å². The molecule has 0 saturated heterocycles. The third kappa shape index (κ3) is 3.29. The van der Waals surface area contributed by atoms with E-state index in [9.17, 15) is 22.8 Å². The monoisotopic (exact) mass is 466 g/mol. The Bertz CT molecular complexity index is 1490. The number of benzene rings is 2. The first-order valence-corrected chi connectivity index (χ1v) is 11.2. The Hall–Kier alpha value is -3.62. The molecule has 0 aliphatic heterocycles. The number of nitrogens with zero attached hydrogens (tertiary/aromatic N) is 1. The van der Waals surface area contributed by atoms with Gasteiger partial charge in [-0.1, -0.05) is 30.3 Å². The smallest absolute Gasteiger partial charge is 0.350 e. The summed E-state index contributed by atoms with van der Waals surface area (Å²) in [5, 5.41) is 11.7. The minimum atomic E-state index is -4.49. The van der Waals surface area contributed by atoms with Crippen molar-refractivity contribution in [3.8, 4) is 0 Å². The fraction of sp³-hybridized carbons (Fsp3) is 0.320. The lowest BCUT2D eigenvalue weighted by molar-refractivity contribution is -0.136. The molecule has 4 aromatic rings. The Morgan fingerprint density at radius 2 is 1.76 bits per heavy atom. The van der Waals surface area contributed by atoms with Gasteiger partial charge in [0, 0.05) is 22.7 Å². The SMILES string of the molecule is O=C(N[C@H]1CC2(C1)C[C@H](c1n[nH]c(=O)c3ccccc31)C2)c1cc2cccc(C(F)(F)F)c2[nH]1. The number of amides is 1.